The van der Waals surface area contributed by atoms with E-state index in [9.17, 15) is 24.0 Å². The third kappa shape index (κ3) is 8.63. The quantitative estimate of drug-likeness (QED) is 0.0772. The van der Waals surface area contributed by atoms with Crippen LogP contribution in [0.1, 0.15) is 58.6 Å². The number of rotatable bonds is 13. The van der Waals surface area contributed by atoms with Crippen molar-refractivity contribution < 1.29 is 38.2 Å². The van der Waals surface area contributed by atoms with Crippen molar-refractivity contribution in [1.82, 2.24) is 5.32 Å². The predicted octanol–water partition coefficient (Wildman–Crippen LogP) is 8.37. The zero-order valence-electron chi connectivity index (χ0n) is 32.1. The normalized spacial score (nSPS) is 12.4. The Bertz CT molecular complexity index is 2610. The second-order valence-electron chi connectivity index (χ2n) is 13.1. The van der Waals surface area contributed by atoms with Gasteiger partial charge in [0.1, 0.15) is 16.7 Å². The summed E-state index contributed by atoms with van der Waals surface area (Å²) in [6.07, 6.45) is 1.48. The second-order valence-corrected chi connectivity index (χ2v) is 14.3. The Labute approximate surface area is 344 Å². The van der Waals surface area contributed by atoms with Crippen LogP contribution in [0.4, 0.5) is 11.4 Å². The number of carbonyl (C=O) groups is 5. The van der Waals surface area contributed by atoms with Gasteiger partial charge in [-0.25, -0.2) is 0 Å². The van der Waals surface area contributed by atoms with Crippen molar-refractivity contribution in [2.24, 2.45) is 0 Å². The van der Waals surface area contributed by atoms with Crippen molar-refractivity contribution in [1.29, 1.82) is 0 Å². The van der Waals surface area contributed by atoms with Crippen LogP contribution in [0.15, 0.2) is 150 Å². The Hall–Kier alpha value is -7.44. The fourth-order valence-corrected chi connectivity index (χ4v) is 7.59. The van der Waals surface area contributed by atoms with Gasteiger partial charge in [0.25, 0.3) is 11.8 Å². The van der Waals surface area contributed by atoms with Crippen LogP contribution in [0.2, 0.25) is 0 Å². The topological polar surface area (TPSA) is 149 Å². The molecule has 0 heterocycles. The maximum atomic E-state index is 14.1. The fourth-order valence-electron chi connectivity index (χ4n) is 6.56. The number of benzene rings is 6. The van der Waals surface area contributed by atoms with Gasteiger partial charge in [0.15, 0.2) is 23.1 Å². The van der Waals surface area contributed by atoms with Gasteiger partial charge in [0, 0.05) is 44.5 Å². The molecule has 0 saturated carbocycles. The largest absolute Gasteiger partial charge is 0.496 e. The Morgan fingerprint density at radius 1 is 0.610 bits per heavy atom. The van der Waals surface area contributed by atoms with Crippen LogP contribution >= 0.6 is 11.8 Å². The van der Waals surface area contributed by atoms with E-state index in [4.69, 9.17) is 14.2 Å². The number of methoxy groups -OCH3 is 3. The number of carbonyl (C=O) groups excluding carboxylic acids is 5. The Morgan fingerprint density at radius 2 is 1.20 bits per heavy atom. The highest BCUT2D eigenvalue weighted by atomic mass is 32.2. The molecule has 11 nitrogen and oxygen atoms in total. The minimum Gasteiger partial charge on any atom is -0.496 e. The van der Waals surface area contributed by atoms with Gasteiger partial charge in [0.2, 0.25) is 5.91 Å². The van der Waals surface area contributed by atoms with E-state index in [1.807, 2.05) is 30.3 Å². The summed E-state index contributed by atoms with van der Waals surface area (Å²) in [5, 5.41) is 7.75. The highest BCUT2D eigenvalue weighted by Gasteiger charge is 2.33. The van der Waals surface area contributed by atoms with E-state index in [1.165, 1.54) is 39.2 Å². The van der Waals surface area contributed by atoms with Crippen LogP contribution < -0.4 is 30.2 Å². The van der Waals surface area contributed by atoms with E-state index in [1.54, 1.807) is 109 Å². The first-order valence-corrected chi connectivity index (χ1v) is 19.2. The highest BCUT2D eigenvalue weighted by Crippen LogP contribution is 2.39. The summed E-state index contributed by atoms with van der Waals surface area (Å²) >= 11 is 1.27. The summed E-state index contributed by atoms with van der Waals surface area (Å²) in [7, 11) is 4.46. The molecule has 6 aromatic carbocycles. The Balaban J connectivity index is 1.13. The molecule has 0 saturated heterocycles. The Kier molecular flexibility index (Phi) is 12.0. The number of thioether (sulfide) groups is 1. The zero-order valence-corrected chi connectivity index (χ0v) is 32.9. The molecule has 7 rings (SSSR count). The van der Waals surface area contributed by atoms with E-state index >= 15 is 0 Å². The molecule has 1 aliphatic carbocycles. The summed E-state index contributed by atoms with van der Waals surface area (Å²) in [5.74, 6) is -0.958. The van der Waals surface area contributed by atoms with Gasteiger partial charge in [-0.05, 0) is 60.2 Å². The van der Waals surface area contributed by atoms with Crippen molar-refractivity contribution in [2.45, 2.75) is 10.1 Å². The van der Waals surface area contributed by atoms with E-state index in [-0.39, 0.29) is 39.6 Å². The van der Waals surface area contributed by atoms with Crippen LogP contribution in [0.5, 0.6) is 17.2 Å². The molecule has 294 valence electrons. The number of hydrogen-bond donors (Lipinski definition) is 3. The van der Waals surface area contributed by atoms with Gasteiger partial charge < -0.3 is 30.2 Å². The van der Waals surface area contributed by atoms with Crippen molar-refractivity contribution in [3.05, 3.63) is 184 Å². The average molecular weight is 804 g/mol. The minimum atomic E-state index is -0.770. The molecule has 1 unspecified atom stereocenters. The molecule has 0 radical (unpaired) electrons. The van der Waals surface area contributed by atoms with Crippen LogP contribution in [0.25, 0.3) is 6.08 Å². The summed E-state index contributed by atoms with van der Waals surface area (Å²) in [5.41, 5.74) is 3.08. The van der Waals surface area contributed by atoms with Gasteiger partial charge in [-0.2, -0.15) is 0 Å². The SMILES string of the molecule is COc1cc(OC)c(OC)cc1/C=C(\NC(=O)c1ccccc1)C(=O)Nc1ccc(SC(C(=O)Nc2cccc3c2C(=O)c2ccccc2C3=O)c2ccccc2)cc1. The van der Waals surface area contributed by atoms with Gasteiger partial charge in [0.05, 0.1) is 32.6 Å². The molecule has 1 aliphatic rings. The third-order valence-corrected chi connectivity index (χ3v) is 10.7. The number of anilines is 2. The maximum Gasteiger partial charge on any atom is 0.272 e. The third-order valence-electron chi connectivity index (χ3n) is 9.48. The molecule has 0 spiro atoms. The van der Waals surface area contributed by atoms with Crippen molar-refractivity contribution in [3.8, 4) is 17.2 Å². The summed E-state index contributed by atoms with van der Waals surface area (Å²) in [6, 6.07) is 39.3. The monoisotopic (exact) mass is 803 g/mol. The highest BCUT2D eigenvalue weighted by molar-refractivity contribution is 8.00. The molecule has 6 aromatic rings. The number of ketones is 2. The molecule has 59 heavy (non-hydrogen) atoms. The van der Waals surface area contributed by atoms with E-state index in [2.05, 4.69) is 16.0 Å². The minimum absolute atomic E-state index is 0.0737. The number of amides is 3. The summed E-state index contributed by atoms with van der Waals surface area (Å²) < 4.78 is 16.4. The number of nitrogens with one attached hydrogen (secondary N) is 3. The molecule has 0 aliphatic heterocycles. The number of ether oxygens (including phenoxy) is 3. The standard InChI is InChI=1S/C47H37N3O8S/c1-56-38-27-40(58-3)39(57-2)26-30(38)25-37(50-45(53)29-15-8-5-9-16-29)46(54)48-31-21-23-32(24-22-31)59-44(28-13-6-4-7-14-28)47(55)49-36-20-12-19-35-41(36)43(52)34-18-11-10-17-33(34)42(35)51/h4-27,44H,1-3H3,(H,48,54)(H,49,55)(H,50,53)/b37-25-. The van der Waals surface area contributed by atoms with Crippen molar-refractivity contribution >= 4 is 58.5 Å². The first-order valence-electron chi connectivity index (χ1n) is 18.3. The molecule has 0 aromatic heterocycles. The molecule has 12 heteroatoms. The molecule has 0 bridgehead atoms. The Morgan fingerprint density at radius 3 is 1.86 bits per heavy atom. The average Bonchev–Trinajstić information content (AvgIpc) is 3.27. The predicted molar refractivity (Wildman–Crippen MR) is 226 cm³/mol. The van der Waals surface area contributed by atoms with Gasteiger partial charge in [-0.1, -0.05) is 84.9 Å². The molecule has 0 fully saturated rings. The van der Waals surface area contributed by atoms with E-state index in [0.717, 1.165) is 0 Å². The van der Waals surface area contributed by atoms with Crippen LogP contribution in [-0.2, 0) is 9.59 Å². The van der Waals surface area contributed by atoms with Crippen LogP contribution in [-0.4, -0.2) is 50.6 Å². The van der Waals surface area contributed by atoms with Gasteiger partial charge in [-0.3, -0.25) is 24.0 Å². The van der Waals surface area contributed by atoms with Gasteiger partial charge >= 0.3 is 0 Å². The summed E-state index contributed by atoms with van der Waals surface area (Å²) in [4.78, 5) is 69.0. The van der Waals surface area contributed by atoms with E-state index < -0.39 is 23.0 Å². The molecule has 1 atom stereocenters. The lowest BCUT2D eigenvalue weighted by Gasteiger charge is -2.22. The maximum absolute atomic E-state index is 14.1. The molecular formula is C47H37N3O8S. The second kappa shape index (κ2) is 17.8. The first-order chi connectivity index (χ1) is 28.7. The lowest BCUT2D eigenvalue weighted by Crippen LogP contribution is -2.30. The summed E-state index contributed by atoms with van der Waals surface area (Å²) in [6.45, 7) is 0. The molecule has 3 amide bonds. The van der Waals surface area contributed by atoms with Crippen molar-refractivity contribution in [3.63, 3.8) is 0 Å². The van der Waals surface area contributed by atoms with Crippen LogP contribution in [0, 0.1) is 0 Å². The fraction of sp³-hybridized carbons (Fsp3) is 0.0851. The number of hydrogen-bond acceptors (Lipinski definition) is 9. The van der Waals surface area contributed by atoms with E-state index in [0.29, 0.717) is 50.1 Å². The number of fused-ring (bicyclic) bond motifs is 2. The van der Waals surface area contributed by atoms with Crippen molar-refractivity contribution in [2.75, 3.05) is 32.0 Å². The van der Waals surface area contributed by atoms with Crippen LogP contribution in [0.3, 0.4) is 0 Å². The lowest BCUT2D eigenvalue weighted by molar-refractivity contribution is -0.116. The zero-order chi connectivity index (χ0) is 41.5. The first kappa shape index (κ1) is 39.8. The molecule has 3 N–H and O–H groups in total. The molecular weight excluding hydrogens is 767 g/mol. The van der Waals surface area contributed by atoms with Gasteiger partial charge in [-0.15, -0.1) is 11.8 Å². The smallest absolute Gasteiger partial charge is 0.272 e. The lowest BCUT2D eigenvalue weighted by atomic mass is 9.83.